The molecule has 13 nitrogen and oxygen atoms in total. The summed E-state index contributed by atoms with van der Waals surface area (Å²) in [5.41, 5.74) is 0.736. The monoisotopic (exact) mass is 613 g/mol. The first-order chi connectivity index (χ1) is 19.4. The highest BCUT2D eigenvalue weighted by atomic mass is 32.2. The number of likely N-dealkylation sites (N-methyl/N-ethyl adjacent to an activating group) is 1. The van der Waals surface area contributed by atoms with Crippen LogP contribution < -0.4 is 10.6 Å². The largest absolute Gasteiger partial charge is 0.443 e. The van der Waals surface area contributed by atoms with Gasteiger partial charge >= 0.3 is 6.09 Å². The summed E-state index contributed by atoms with van der Waals surface area (Å²) in [5.74, 6) is 1.43. The number of carbonyl (C=O) groups excluding carboxylic acids is 2. The fourth-order valence-corrected chi connectivity index (χ4v) is 6.63. The van der Waals surface area contributed by atoms with Crippen molar-refractivity contribution in [3.8, 4) is 0 Å². The molecule has 2 aromatic heterocycles. The number of thiol groups is 1. The van der Waals surface area contributed by atoms with Gasteiger partial charge in [-0.1, -0.05) is 29.8 Å². The highest BCUT2D eigenvalue weighted by Crippen LogP contribution is 2.39. The van der Waals surface area contributed by atoms with Crippen LogP contribution in [0.15, 0.2) is 23.6 Å². The van der Waals surface area contributed by atoms with E-state index in [0.717, 1.165) is 17.6 Å². The predicted octanol–water partition coefficient (Wildman–Crippen LogP) is 3.07. The lowest BCUT2D eigenvalue weighted by molar-refractivity contribution is 0.0374. The Morgan fingerprint density at radius 2 is 2.20 bits per heavy atom. The van der Waals surface area contributed by atoms with E-state index in [1.54, 1.807) is 45.2 Å². The van der Waals surface area contributed by atoms with Crippen molar-refractivity contribution in [1.82, 2.24) is 29.1 Å². The lowest BCUT2D eigenvalue weighted by Crippen LogP contribution is -2.37. The van der Waals surface area contributed by atoms with E-state index in [-0.39, 0.29) is 30.6 Å². The first-order valence-electron chi connectivity index (χ1n) is 13.2. The molecule has 2 unspecified atom stereocenters. The number of halogens is 1. The van der Waals surface area contributed by atoms with Crippen LogP contribution in [0.25, 0.3) is 11.0 Å². The third kappa shape index (κ3) is 9.46. The molecule has 0 radical (unpaired) electrons. The minimum atomic E-state index is -1.58. The van der Waals surface area contributed by atoms with Crippen LogP contribution in [0.1, 0.15) is 27.7 Å². The number of β-amino-alcohol motifs (C(OH)–C–C–N with tert-alkyl or cyclic N) is 1. The Kier molecular flexibility index (Phi) is 11.6. The Hall–Kier alpha value is -3.11. The number of thioether (sulfide) groups is 1. The van der Waals surface area contributed by atoms with E-state index in [2.05, 4.69) is 25.6 Å². The molecule has 16 heteroatoms. The van der Waals surface area contributed by atoms with Crippen molar-refractivity contribution in [2.45, 2.75) is 52.0 Å². The second-order valence-corrected chi connectivity index (χ2v) is 13.7. The molecule has 2 amide bonds. The van der Waals surface area contributed by atoms with Gasteiger partial charge in [-0.15, -0.1) is 0 Å². The molecule has 0 saturated carbocycles. The number of amidine groups is 1. The van der Waals surface area contributed by atoms with Crippen molar-refractivity contribution in [3.05, 3.63) is 18.6 Å². The summed E-state index contributed by atoms with van der Waals surface area (Å²) >= 11 is -0.155. The summed E-state index contributed by atoms with van der Waals surface area (Å²) in [7, 11) is 1.69. The number of hydrogen-bond acceptors (Lipinski definition) is 9. The number of anilines is 1. The maximum atomic E-state index is 13.6. The summed E-state index contributed by atoms with van der Waals surface area (Å²) in [6.45, 7) is 7.60. The van der Waals surface area contributed by atoms with Crippen LogP contribution >= 0.6 is 22.8 Å². The number of nitrogens with one attached hydrogen (secondary N) is 3. The predicted molar refractivity (Wildman–Crippen MR) is 164 cm³/mol. The summed E-state index contributed by atoms with van der Waals surface area (Å²) in [5, 5.41) is 23.7. The van der Waals surface area contributed by atoms with Crippen LogP contribution in [0.4, 0.5) is 19.8 Å². The molecule has 4 N–H and O–H groups in total. The topological polar surface area (TPSA) is 161 Å². The summed E-state index contributed by atoms with van der Waals surface area (Å²) in [6, 6.07) is 1.18. The van der Waals surface area contributed by atoms with Crippen molar-refractivity contribution in [2.75, 3.05) is 50.2 Å². The molecule has 0 aliphatic carbocycles. The Morgan fingerprint density at radius 3 is 2.85 bits per heavy atom. The fourth-order valence-electron chi connectivity index (χ4n) is 3.94. The Bertz CT molecular complexity index is 1240. The average Bonchev–Trinajstić information content (AvgIpc) is 3.50. The van der Waals surface area contributed by atoms with Crippen molar-refractivity contribution >= 4 is 62.5 Å². The van der Waals surface area contributed by atoms with E-state index in [4.69, 9.17) is 10.1 Å². The number of pyridine rings is 1. The third-order valence-electron chi connectivity index (χ3n) is 5.75. The normalized spacial score (nSPS) is 19.2. The van der Waals surface area contributed by atoms with E-state index < -0.39 is 41.6 Å². The molecule has 0 spiro atoms. The maximum absolute atomic E-state index is 13.6. The molecule has 1 aliphatic heterocycles. The standard InChI is InChI=1S/C25H40FN9O4S2/c1-6-40-22(31-17(10-26)12-33(5)15-27)32-21-9-20-19(11-29-21)30-16-34(20)8-7-28-23(37)41-14-18(36)13-35(41)24(38)39-25(2,3)4/h9,11,15-18,27,36,41H,6-8,10,12-14H2,1-5H3,(H,28,37)(H,29,31,32)/t17?,18-/m0/s1. The van der Waals surface area contributed by atoms with Crippen LogP contribution in [0.2, 0.25) is 0 Å². The maximum Gasteiger partial charge on any atom is 0.419 e. The highest BCUT2D eigenvalue weighted by Gasteiger charge is 2.38. The molecule has 1 aliphatic rings. The summed E-state index contributed by atoms with van der Waals surface area (Å²) in [6.07, 6.45) is 3.03. The number of amides is 2. The van der Waals surface area contributed by atoms with Gasteiger partial charge in [0.2, 0.25) is 0 Å². The molecule has 41 heavy (non-hydrogen) atoms. The van der Waals surface area contributed by atoms with Crippen LogP contribution in [0.3, 0.4) is 0 Å². The van der Waals surface area contributed by atoms with Gasteiger partial charge in [0.1, 0.15) is 23.6 Å². The third-order valence-corrected chi connectivity index (χ3v) is 8.82. The van der Waals surface area contributed by atoms with Crippen molar-refractivity contribution in [3.63, 3.8) is 0 Å². The number of ether oxygens (including phenoxy) is 1. The smallest absolute Gasteiger partial charge is 0.419 e. The molecular formula is C25H40FN9O4S2. The minimum absolute atomic E-state index is 0.0655. The highest BCUT2D eigenvalue weighted by molar-refractivity contribution is 8.28. The quantitative estimate of drug-likeness (QED) is 0.154. The van der Waals surface area contributed by atoms with Gasteiger partial charge in [-0.25, -0.2) is 19.2 Å². The van der Waals surface area contributed by atoms with Crippen molar-refractivity contribution < 1.29 is 23.8 Å². The van der Waals surface area contributed by atoms with Gasteiger partial charge in [0.05, 0.1) is 43.1 Å². The van der Waals surface area contributed by atoms with Crippen molar-refractivity contribution in [2.24, 2.45) is 4.99 Å². The number of aliphatic hydroxyl groups is 1. The zero-order valence-corrected chi connectivity index (χ0v) is 25.7. The number of rotatable bonds is 10. The molecule has 0 aromatic carbocycles. The van der Waals surface area contributed by atoms with Gasteiger partial charge in [0.25, 0.3) is 5.24 Å². The van der Waals surface area contributed by atoms with Gasteiger partial charge < -0.3 is 29.9 Å². The van der Waals surface area contributed by atoms with E-state index in [9.17, 15) is 19.1 Å². The number of fused-ring (bicyclic) bond motifs is 1. The second kappa shape index (κ2) is 14.7. The number of alkyl halides is 1. The number of nitrogens with zero attached hydrogens (tertiary/aromatic N) is 6. The molecule has 0 bridgehead atoms. The number of aromatic nitrogens is 3. The summed E-state index contributed by atoms with van der Waals surface area (Å²) in [4.78, 5) is 40.4. The lowest BCUT2D eigenvalue weighted by Gasteiger charge is -2.29. The van der Waals surface area contributed by atoms with Gasteiger partial charge in [0.15, 0.2) is 5.17 Å². The van der Waals surface area contributed by atoms with Crippen LogP contribution in [0, 0.1) is 5.41 Å². The van der Waals surface area contributed by atoms with Gasteiger partial charge in [0, 0.05) is 38.5 Å². The molecule has 3 atom stereocenters. The average molecular weight is 614 g/mol. The van der Waals surface area contributed by atoms with Crippen molar-refractivity contribution in [1.29, 1.82) is 5.41 Å². The van der Waals surface area contributed by atoms with Gasteiger partial charge in [-0.05, 0) is 26.5 Å². The number of imidazole rings is 1. The molecule has 3 heterocycles. The van der Waals surface area contributed by atoms with Crippen LogP contribution in [0.5, 0.6) is 0 Å². The molecule has 1 saturated heterocycles. The van der Waals surface area contributed by atoms with Gasteiger partial charge in [-0.3, -0.25) is 19.5 Å². The van der Waals surface area contributed by atoms with E-state index in [0.29, 0.717) is 23.0 Å². The molecule has 228 valence electrons. The minimum Gasteiger partial charge on any atom is -0.443 e. The Morgan fingerprint density at radius 1 is 1.44 bits per heavy atom. The Balaban J connectivity index is 1.66. The SMILES string of the molecule is CCSC(=NC(CF)CN(C)C=N)Nc1cc2c(cn1)ncn2CCNC(=O)[SH]1C[C@@H](O)CN1C(=O)OC(C)(C)C. The van der Waals surface area contributed by atoms with E-state index >= 15 is 0 Å². The summed E-state index contributed by atoms with van der Waals surface area (Å²) < 4.78 is 22.2. The van der Waals surface area contributed by atoms with Crippen LogP contribution in [-0.2, 0) is 11.3 Å². The fraction of sp³-hybridized carbons (Fsp3) is 0.600. The van der Waals surface area contributed by atoms with E-state index in [1.807, 2.05) is 17.6 Å². The number of carbonyl (C=O) groups is 2. The molecular weight excluding hydrogens is 573 g/mol. The zero-order chi connectivity index (χ0) is 30.2. The first-order valence-corrected chi connectivity index (χ1v) is 15.7. The Labute approximate surface area is 246 Å². The number of aliphatic imine (C=N–C) groups is 1. The zero-order valence-electron chi connectivity index (χ0n) is 24.0. The first kappa shape index (κ1) is 32.4. The number of hydrogen-bond donors (Lipinski definition) is 5. The van der Waals surface area contributed by atoms with Gasteiger partial charge in [-0.2, -0.15) is 0 Å². The molecule has 1 fully saturated rings. The van der Waals surface area contributed by atoms with Crippen LogP contribution in [-0.4, -0.2) is 114 Å². The second-order valence-electron chi connectivity index (χ2n) is 10.4. The molecule has 2 aromatic rings. The van der Waals surface area contributed by atoms with E-state index in [1.165, 1.54) is 16.1 Å². The number of aliphatic hydroxyl groups excluding tert-OH is 1. The lowest BCUT2D eigenvalue weighted by atomic mass is 10.2. The molecule has 3 rings (SSSR count).